The number of allylic oxidation sites excluding steroid dienone is 4. The molecule has 0 radical (unpaired) electrons. The van der Waals surface area contributed by atoms with Crippen LogP contribution in [0.3, 0.4) is 0 Å². The van der Waals surface area contributed by atoms with Gasteiger partial charge in [-0.1, -0.05) is 268 Å². The topological polar surface area (TPSA) is 0 Å². The van der Waals surface area contributed by atoms with Gasteiger partial charge in [-0.2, -0.15) is 0 Å². The number of alkyl halides is 11. The lowest BCUT2D eigenvalue weighted by Gasteiger charge is -2.59. The molecule has 38 heavy (non-hydrogen) atoms. The molecule has 0 saturated heterocycles. The van der Waals surface area contributed by atoms with E-state index in [-0.39, 0.29) is 4.83 Å². The van der Waals surface area contributed by atoms with Crippen LogP contribution in [0.4, 0.5) is 0 Å². The maximum absolute atomic E-state index is 4.26. The molecule has 1 aliphatic rings. The Bertz CT molecular complexity index is 1250. The summed E-state index contributed by atoms with van der Waals surface area (Å²) < 4.78 is -2.12. The SMILES string of the molecule is BrC1=C(Br)C(Br)C(Br)(C(Br)(Br)C(Br)(Br)C(Br)(c2ccccc2)C(Br)(Br)C(Br)(Br)c2ccccc2)C(Br)=C1Br. The van der Waals surface area contributed by atoms with Crippen LogP contribution in [0.25, 0.3) is 0 Å². The minimum absolute atomic E-state index is 0.243. The summed E-state index contributed by atoms with van der Waals surface area (Å²) in [6.07, 6.45) is 0. The van der Waals surface area contributed by atoms with Crippen LogP contribution in [-0.2, 0) is 7.56 Å². The van der Waals surface area contributed by atoms with E-state index in [0.29, 0.717) is 0 Å². The fraction of sp³-hybridized carbons (Fsp3) is 0.304. The summed E-state index contributed by atoms with van der Waals surface area (Å²) >= 11 is 60.3. The number of benzene rings is 2. The molecule has 3 rings (SSSR count). The van der Waals surface area contributed by atoms with Crippen LogP contribution in [0.2, 0.25) is 0 Å². The predicted molar refractivity (Wildman–Crippen MR) is 219 cm³/mol. The molecule has 3 unspecified atom stereocenters. The summed E-state index contributed by atoms with van der Waals surface area (Å²) in [5.74, 6) is 0. The standard InChI is InChI=1S/C23H11Br15/c24-13-14(25)16(27)18(29,17(28)15(13)26)21(33,34)23(37,38)19(30,11-7-3-1-4-8-11)22(35,36)20(31,32)12-9-5-2-6-10-12/h1-10,16H. The van der Waals surface area contributed by atoms with Gasteiger partial charge in [0.15, 0.2) is 0 Å². The molecule has 0 N–H and O–H groups in total. The van der Waals surface area contributed by atoms with Crippen LogP contribution in [0.15, 0.2) is 78.6 Å². The highest BCUT2D eigenvalue weighted by molar-refractivity contribution is 9.32. The molecule has 0 aromatic heterocycles. The maximum atomic E-state index is 4.26. The van der Waals surface area contributed by atoms with Crippen LogP contribution >= 0.6 is 239 Å². The van der Waals surface area contributed by atoms with Crippen LogP contribution in [0, 0.1) is 0 Å². The van der Waals surface area contributed by atoms with E-state index in [1.54, 1.807) is 0 Å². The maximum Gasteiger partial charge on any atom is 0.132 e. The highest BCUT2D eigenvalue weighted by atomic mass is 79.9. The third kappa shape index (κ3) is 5.88. The molecule has 0 nitrogen and oxygen atoms in total. The van der Waals surface area contributed by atoms with Gasteiger partial charge < -0.3 is 0 Å². The van der Waals surface area contributed by atoms with Gasteiger partial charge in [0, 0.05) is 17.9 Å². The summed E-state index contributed by atoms with van der Waals surface area (Å²) in [5.41, 5.74) is 1.94. The molecule has 0 saturated carbocycles. The molecular weight excluding hydrogens is 1470 g/mol. The van der Waals surface area contributed by atoms with Crippen molar-refractivity contribution in [1.82, 2.24) is 0 Å². The fourth-order valence-electron chi connectivity index (χ4n) is 3.77. The summed E-state index contributed by atoms with van der Waals surface area (Å²) in [4.78, 5) is -0.243. The molecule has 15 heteroatoms. The average Bonchev–Trinajstić information content (AvgIpc) is 2.89. The Hall–Kier alpha value is 5.12. The largest absolute Gasteiger partial charge is 0.132 e. The lowest BCUT2D eigenvalue weighted by Crippen LogP contribution is -2.67. The van der Waals surface area contributed by atoms with Crippen molar-refractivity contribution in [2.24, 2.45) is 0 Å². The first-order valence-electron chi connectivity index (χ1n) is 10.0. The zero-order chi connectivity index (χ0) is 29.1. The molecular formula is C23H11Br15. The molecule has 0 bridgehead atoms. The van der Waals surface area contributed by atoms with Crippen LogP contribution in [-0.4, -0.2) is 18.9 Å². The van der Waals surface area contributed by atoms with Crippen molar-refractivity contribution in [2.45, 2.75) is 26.4 Å². The smallest absolute Gasteiger partial charge is 0.0812 e. The number of halogens is 15. The molecule has 0 fully saturated rings. The first kappa shape index (κ1) is 37.6. The van der Waals surface area contributed by atoms with E-state index < -0.39 is 21.6 Å². The third-order valence-corrected chi connectivity index (χ3v) is 33.7. The van der Waals surface area contributed by atoms with Gasteiger partial charge in [-0.25, -0.2) is 0 Å². The van der Waals surface area contributed by atoms with E-state index in [2.05, 4.69) is 263 Å². The Morgan fingerprint density at radius 1 is 0.579 bits per heavy atom. The Labute approximate surface area is 348 Å². The Balaban J connectivity index is 2.39. The minimum Gasteiger partial charge on any atom is -0.0812 e. The van der Waals surface area contributed by atoms with Gasteiger partial charge in [0.25, 0.3) is 0 Å². The van der Waals surface area contributed by atoms with Gasteiger partial charge in [-0.15, -0.1) is 0 Å². The lowest BCUT2D eigenvalue weighted by atomic mass is 9.83. The van der Waals surface area contributed by atoms with Gasteiger partial charge in [-0.3, -0.25) is 0 Å². The summed E-state index contributed by atoms with van der Waals surface area (Å²) in [6.45, 7) is 0. The van der Waals surface area contributed by atoms with Gasteiger partial charge in [0.2, 0.25) is 0 Å². The second-order valence-corrected chi connectivity index (χ2v) is 28.4. The minimum atomic E-state index is -1.03. The third-order valence-electron chi connectivity index (χ3n) is 5.91. The highest BCUT2D eigenvalue weighted by Gasteiger charge is 2.76. The van der Waals surface area contributed by atoms with E-state index in [4.69, 9.17) is 0 Å². The first-order chi connectivity index (χ1) is 17.3. The van der Waals surface area contributed by atoms with Gasteiger partial charge >= 0.3 is 0 Å². The lowest BCUT2D eigenvalue weighted by molar-refractivity contribution is 0.473. The highest BCUT2D eigenvalue weighted by Crippen LogP contribution is 2.78. The van der Waals surface area contributed by atoms with Crippen molar-refractivity contribution < 1.29 is 0 Å². The van der Waals surface area contributed by atoms with Crippen molar-refractivity contribution in [3.63, 3.8) is 0 Å². The molecule has 3 atom stereocenters. The Morgan fingerprint density at radius 2 is 1.00 bits per heavy atom. The normalized spacial score (nSPS) is 23.5. The zero-order valence-corrected chi connectivity index (χ0v) is 41.8. The van der Waals surface area contributed by atoms with Crippen molar-refractivity contribution in [3.05, 3.63) is 89.7 Å². The van der Waals surface area contributed by atoms with E-state index in [9.17, 15) is 0 Å². The van der Waals surface area contributed by atoms with Crippen molar-refractivity contribution in [3.8, 4) is 0 Å². The number of hydrogen-bond acceptors (Lipinski definition) is 0. The fourth-order valence-corrected chi connectivity index (χ4v) is 19.7. The quantitative estimate of drug-likeness (QED) is 0.242. The van der Waals surface area contributed by atoms with E-state index >= 15 is 0 Å². The molecule has 0 amide bonds. The average molecular weight is 1490 g/mol. The molecule has 0 spiro atoms. The van der Waals surface area contributed by atoms with Crippen LogP contribution < -0.4 is 0 Å². The second-order valence-electron chi connectivity index (χ2n) is 8.05. The monoisotopic (exact) mass is 1470 g/mol. The number of rotatable bonds is 7. The molecule has 2 aromatic rings. The van der Waals surface area contributed by atoms with Gasteiger partial charge in [0.1, 0.15) is 21.6 Å². The van der Waals surface area contributed by atoms with E-state index in [1.807, 2.05) is 36.4 Å². The molecule has 208 valence electrons. The number of hydrogen-bond donors (Lipinski definition) is 0. The Morgan fingerprint density at radius 3 is 1.45 bits per heavy atom. The van der Waals surface area contributed by atoms with Gasteiger partial charge in [-0.05, 0) is 43.0 Å². The summed E-state index contributed by atoms with van der Waals surface area (Å²) in [6, 6.07) is 20.2. The predicted octanol–water partition coefficient (Wildman–Crippen LogP) is 15.3. The Kier molecular flexibility index (Phi) is 13.5. The van der Waals surface area contributed by atoms with Crippen molar-refractivity contribution in [2.75, 3.05) is 0 Å². The van der Waals surface area contributed by atoms with E-state index in [0.717, 1.165) is 29.1 Å². The molecule has 0 heterocycles. The summed E-state index contributed by atoms with van der Waals surface area (Å²) in [7, 11) is 0. The summed E-state index contributed by atoms with van der Waals surface area (Å²) in [5, 5.41) is 0. The van der Waals surface area contributed by atoms with Crippen molar-refractivity contribution >= 4 is 239 Å². The van der Waals surface area contributed by atoms with E-state index in [1.165, 1.54) is 0 Å². The second kappa shape index (κ2) is 13.7. The van der Waals surface area contributed by atoms with Gasteiger partial charge in [0.05, 0.1) is 4.83 Å². The van der Waals surface area contributed by atoms with Crippen LogP contribution in [0.1, 0.15) is 11.1 Å². The molecule has 1 aliphatic carbocycles. The molecule has 2 aromatic carbocycles. The van der Waals surface area contributed by atoms with Crippen LogP contribution in [0.5, 0.6) is 0 Å². The zero-order valence-electron chi connectivity index (χ0n) is 18.0. The molecule has 0 aliphatic heterocycles. The first-order valence-corrected chi connectivity index (χ1v) is 22.0. The van der Waals surface area contributed by atoms with Crippen molar-refractivity contribution in [1.29, 1.82) is 0 Å².